The Hall–Kier alpha value is -1.47. The Morgan fingerprint density at radius 3 is 1.48 bits per heavy atom. The first kappa shape index (κ1) is 14.5. The fourth-order valence-corrected chi connectivity index (χ4v) is 3.01. The maximum absolute atomic E-state index is 2.32. The van der Waals surface area contributed by atoms with Gasteiger partial charge < -0.3 is 0 Å². The summed E-state index contributed by atoms with van der Waals surface area (Å²) in [5.74, 6) is 0. The summed E-state index contributed by atoms with van der Waals surface area (Å²) in [4.78, 5) is 0. The van der Waals surface area contributed by atoms with Crippen molar-refractivity contribution in [1.82, 2.24) is 0 Å². The van der Waals surface area contributed by atoms with Crippen LogP contribution in [0.2, 0.25) is 0 Å². The van der Waals surface area contributed by atoms with Gasteiger partial charge in [-0.1, -0.05) is 12.1 Å². The van der Waals surface area contributed by atoms with Gasteiger partial charge in [0, 0.05) is 25.8 Å². The molecule has 0 saturated heterocycles. The molecule has 0 aromatic heterocycles. The van der Waals surface area contributed by atoms with Gasteiger partial charge in [0.25, 0.3) is 0 Å². The molecule has 102 valence electrons. The van der Waals surface area contributed by atoms with Crippen LogP contribution in [0.1, 0.15) is 11.1 Å². The van der Waals surface area contributed by atoms with Crippen LogP contribution in [0, 0.1) is 0 Å². The van der Waals surface area contributed by atoms with E-state index in [4.69, 9.17) is 0 Å². The first-order valence-electron chi connectivity index (χ1n) is 7.17. The molecule has 4 aromatic rings. The molecule has 0 atom stereocenters. The molecular weight excluding hydrogens is 419 g/mol. The SMILES string of the molecule is [Hf].c1ccc2[cH-]c(CCc3cc4ccccc4[cH-]3)cc2c1. The van der Waals surface area contributed by atoms with Crippen molar-refractivity contribution < 1.29 is 25.8 Å². The molecule has 1 heteroatoms. The van der Waals surface area contributed by atoms with Crippen molar-refractivity contribution in [3.8, 4) is 0 Å². The minimum absolute atomic E-state index is 0. The zero-order valence-corrected chi connectivity index (χ0v) is 15.4. The predicted molar refractivity (Wildman–Crippen MR) is 86.5 cm³/mol. The van der Waals surface area contributed by atoms with Crippen LogP contribution < -0.4 is 0 Å². The third kappa shape index (κ3) is 2.94. The van der Waals surface area contributed by atoms with Crippen molar-refractivity contribution >= 4 is 21.5 Å². The molecule has 0 bridgehead atoms. The van der Waals surface area contributed by atoms with Gasteiger partial charge in [0.05, 0.1) is 0 Å². The van der Waals surface area contributed by atoms with E-state index in [0.717, 1.165) is 12.8 Å². The second-order valence-corrected chi connectivity index (χ2v) is 5.49. The maximum atomic E-state index is 2.32. The summed E-state index contributed by atoms with van der Waals surface area (Å²) in [6, 6.07) is 26.5. The molecule has 0 fully saturated rings. The summed E-state index contributed by atoms with van der Waals surface area (Å²) in [6.45, 7) is 0. The smallest absolute Gasteiger partial charge is 0 e. The standard InChI is InChI=1S/C20H16.Hf/c1-2-6-18-12-15(11-17(18)5-1)9-10-16-13-19-7-3-4-8-20(19)14-16;/h1-8,11-14H,9-10H2;/q-2;. The summed E-state index contributed by atoms with van der Waals surface area (Å²) in [6.07, 6.45) is 2.23. The van der Waals surface area contributed by atoms with E-state index in [1.165, 1.54) is 32.7 Å². The largest absolute Gasteiger partial charge is 0.165 e. The van der Waals surface area contributed by atoms with E-state index >= 15 is 0 Å². The predicted octanol–water partition coefficient (Wildman–Crippen LogP) is 5.21. The maximum Gasteiger partial charge on any atom is 0 e. The van der Waals surface area contributed by atoms with Gasteiger partial charge in [0.15, 0.2) is 0 Å². The van der Waals surface area contributed by atoms with Crippen LogP contribution in [0.15, 0.2) is 72.8 Å². The third-order valence-electron chi connectivity index (χ3n) is 4.06. The normalized spacial score (nSPS) is 10.9. The molecule has 0 aliphatic carbocycles. The van der Waals surface area contributed by atoms with Gasteiger partial charge in [-0.3, -0.25) is 0 Å². The van der Waals surface area contributed by atoms with E-state index in [2.05, 4.69) is 72.8 Å². The Morgan fingerprint density at radius 1 is 0.619 bits per heavy atom. The number of hydrogen-bond donors (Lipinski definition) is 0. The van der Waals surface area contributed by atoms with E-state index < -0.39 is 0 Å². The summed E-state index contributed by atoms with van der Waals surface area (Å²) in [5, 5.41) is 5.43. The first-order valence-corrected chi connectivity index (χ1v) is 7.17. The molecule has 0 aliphatic rings. The van der Waals surface area contributed by atoms with E-state index in [1.54, 1.807) is 0 Å². The van der Waals surface area contributed by atoms with Gasteiger partial charge in [0.2, 0.25) is 0 Å². The molecule has 0 amide bonds. The second-order valence-electron chi connectivity index (χ2n) is 5.49. The summed E-state index contributed by atoms with van der Waals surface area (Å²) >= 11 is 0. The molecule has 0 saturated carbocycles. The van der Waals surface area contributed by atoms with Gasteiger partial charge >= 0.3 is 0 Å². The third-order valence-corrected chi connectivity index (χ3v) is 4.06. The fraction of sp³-hybridized carbons (Fsp3) is 0.100. The number of rotatable bonds is 3. The molecule has 0 heterocycles. The molecule has 21 heavy (non-hydrogen) atoms. The van der Waals surface area contributed by atoms with Gasteiger partial charge in [-0.25, -0.2) is 0 Å². The molecule has 0 aliphatic heterocycles. The van der Waals surface area contributed by atoms with E-state index in [0.29, 0.717) is 0 Å². The van der Waals surface area contributed by atoms with Crippen LogP contribution in [-0.2, 0) is 38.7 Å². The fourth-order valence-electron chi connectivity index (χ4n) is 3.01. The van der Waals surface area contributed by atoms with E-state index in [1.807, 2.05) is 0 Å². The second kappa shape index (κ2) is 6.11. The van der Waals surface area contributed by atoms with Gasteiger partial charge in [-0.05, 0) is 12.8 Å². The van der Waals surface area contributed by atoms with Crippen molar-refractivity contribution in [2.24, 2.45) is 0 Å². The summed E-state index contributed by atoms with van der Waals surface area (Å²) in [5.41, 5.74) is 2.88. The van der Waals surface area contributed by atoms with Crippen molar-refractivity contribution in [3.63, 3.8) is 0 Å². The van der Waals surface area contributed by atoms with Gasteiger partial charge in [0.1, 0.15) is 0 Å². The van der Waals surface area contributed by atoms with Crippen molar-refractivity contribution in [3.05, 3.63) is 83.9 Å². The average Bonchev–Trinajstić information content (AvgIpc) is 3.07. The number of fused-ring (bicyclic) bond motifs is 2. The number of benzene rings is 2. The Balaban J connectivity index is 0.00000132. The van der Waals surface area contributed by atoms with Crippen LogP contribution in [0.5, 0.6) is 0 Å². The van der Waals surface area contributed by atoms with E-state index in [9.17, 15) is 0 Å². The number of hydrogen-bond acceptors (Lipinski definition) is 0. The van der Waals surface area contributed by atoms with Crippen molar-refractivity contribution in [1.29, 1.82) is 0 Å². The molecule has 0 radical (unpaired) electrons. The summed E-state index contributed by atoms with van der Waals surface area (Å²) < 4.78 is 0. The molecule has 0 N–H and O–H groups in total. The Labute approximate surface area is 143 Å². The Morgan fingerprint density at radius 2 is 1.05 bits per heavy atom. The Kier molecular flexibility index (Phi) is 4.21. The van der Waals surface area contributed by atoms with Crippen LogP contribution in [0.25, 0.3) is 21.5 Å². The van der Waals surface area contributed by atoms with Crippen LogP contribution in [-0.4, -0.2) is 0 Å². The first-order chi connectivity index (χ1) is 9.88. The monoisotopic (exact) mass is 436 g/mol. The molecule has 0 nitrogen and oxygen atoms in total. The van der Waals surface area contributed by atoms with Crippen molar-refractivity contribution in [2.45, 2.75) is 12.8 Å². The zero-order chi connectivity index (χ0) is 13.4. The van der Waals surface area contributed by atoms with Crippen LogP contribution in [0.3, 0.4) is 0 Å². The average molecular weight is 435 g/mol. The van der Waals surface area contributed by atoms with Gasteiger partial charge in [-0.2, -0.15) is 12.1 Å². The topological polar surface area (TPSA) is 0 Å². The Bertz CT molecular complexity index is 723. The number of aryl methyl sites for hydroxylation is 2. The molecule has 4 rings (SSSR count). The molecule has 4 aromatic carbocycles. The minimum Gasteiger partial charge on any atom is -0.165 e. The minimum atomic E-state index is 0. The molecule has 0 spiro atoms. The van der Waals surface area contributed by atoms with Crippen molar-refractivity contribution in [2.75, 3.05) is 0 Å². The molecule has 0 unspecified atom stereocenters. The van der Waals surface area contributed by atoms with Gasteiger partial charge in [-0.15, -0.1) is 81.2 Å². The summed E-state index contributed by atoms with van der Waals surface area (Å²) in [7, 11) is 0. The quantitative estimate of drug-likeness (QED) is 0.306. The van der Waals surface area contributed by atoms with Crippen LogP contribution >= 0.6 is 0 Å². The van der Waals surface area contributed by atoms with Crippen LogP contribution in [0.4, 0.5) is 0 Å². The molecular formula is C20H16Hf-2. The zero-order valence-electron chi connectivity index (χ0n) is 11.8. The van der Waals surface area contributed by atoms with E-state index in [-0.39, 0.29) is 25.8 Å².